The molecule has 1 aliphatic rings. The van der Waals surface area contributed by atoms with E-state index in [9.17, 15) is 24.3 Å². The smallest absolute Gasteiger partial charge is 0.338 e. The Balaban J connectivity index is 1.65. The van der Waals surface area contributed by atoms with Crippen molar-refractivity contribution in [3.8, 4) is 0 Å². The largest absolute Gasteiger partial charge is 0.459 e. The fraction of sp³-hybridized carbons (Fsp3) is 0.280. The van der Waals surface area contributed by atoms with E-state index in [0.717, 1.165) is 10.6 Å². The zero-order valence-corrected chi connectivity index (χ0v) is 18.8. The lowest BCUT2D eigenvalue weighted by atomic mass is 9.91. The van der Waals surface area contributed by atoms with E-state index in [1.165, 1.54) is 6.20 Å². The van der Waals surface area contributed by atoms with Gasteiger partial charge in [0.05, 0.1) is 11.1 Å². The van der Waals surface area contributed by atoms with Crippen LogP contribution in [0.25, 0.3) is 0 Å². The summed E-state index contributed by atoms with van der Waals surface area (Å²) in [4.78, 5) is 51.4. The molecule has 0 saturated carbocycles. The molecule has 0 aliphatic carbocycles. The monoisotopic (exact) mass is 480 g/mol. The van der Waals surface area contributed by atoms with E-state index >= 15 is 0 Å². The molecule has 2 N–H and O–H groups in total. The molecular weight excluding hydrogens is 456 g/mol. The van der Waals surface area contributed by atoms with Crippen LogP contribution in [0.2, 0.25) is 0 Å². The van der Waals surface area contributed by atoms with Gasteiger partial charge < -0.3 is 19.3 Å². The van der Waals surface area contributed by atoms with Crippen molar-refractivity contribution in [2.75, 3.05) is 6.61 Å². The zero-order valence-electron chi connectivity index (χ0n) is 18.8. The summed E-state index contributed by atoms with van der Waals surface area (Å²) in [6, 6.07) is 17.6. The Hall–Kier alpha value is -4.02. The van der Waals surface area contributed by atoms with E-state index in [1.807, 2.05) is 0 Å². The maximum Gasteiger partial charge on any atom is 0.338 e. The van der Waals surface area contributed by atoms with E-state index in [2.05, 4.69) is 4.98 Å². The summed E-state index contributed by atoms with van der Waals surface area (Å²) in [6.07, 6.45) is -2.54. The fourth-order valence-electron chi connectivity index (χ4n) is 3.99. The molecule has 1 aromatic heterocycles. The number of benzene rings is 2. The highest BCUT2D eigenvalue weighted by Gasteiger charge is 2.58. The minimum absolute atomic E-state index is 0.0130. The second-order valence-electron chi connectivity index (χ2n) is 8.05. The lowest BCUT2D eigenvalue weighted by Gasteiger charge is -2.32. The predicted octanol–water partition coefficient (Wildman–Crippen LogP) is 1.66. The number of carbonyl (C=O) groups is 2. The van der Waals surface area contributed by atoms with Crippen LogP contribution in [0.5, 0.6) is 0 Å². The Bertz CT molecular complexity index is 1300. The number of H-pyrrole nitrogens is 1. The van der Waals surface area contributed by atoms with Crippen LogP contribution >= 0.6 is 0 Å². The number of nitrogens with zero attached hydrogens (tertiary/aromatic N) is 1. The number of carbonyl (C=O) groups excluding carboxylic acids is 2. The van der Waals surface area contributed by atoms with Crippen molar-refractivity contribution < 1.29 is 28.9 Å². The number of ether oxygens (including phenoxy) is 3. The van der Waals surface area contributed by atoms with Crippen LogP contribution in [0.4, 0.5) is 0 Å². The minimum Gasteiger partial charge on any atom is -0.459 e. The molecule has 0 spiro atoms. The fourth-order valence-corrected chi connectivity index (χ4v) is 3.99. The van der Waals surface area contributed by atoms with Gasteiger partial charge in [-0.2, -0.15) is 0 Å². The Kier molecular flexibility index (Phi) is 6.94. The maximum atomic E-state index is 12.9. The SMILES string of the molecule is CC[C@]1(O)[C@H](OC(=O)c2ccccc2)C(COC(=O)c2ccccc2)O[C@H]1n1ccc(=O)[nH]c1=O. The molecule has 3 aromatic rings. The van der Waals surface area contributed by atoms with Gasteiger partial charge in [-0.15, -0.1) is 0 Å². The molecule has 2 aromatic carbocycles. The summed E-state index contributed by atoms with van der Waals surface area (Å²) in [6.45, 7) is 1.27. The Labute approximate surface area is 199 Å². The Morgan fingerprint density at radius 3 is 2.17 bits per heavy atom. The first-order chi connectivity index (χ1) is 16.8. The Morgan fingerprint density at radius 1 is 1.00 bits per heavy atom. The molecule has 1 saturated heterocycles. The first-order valence-electron chi connectivity index (χ1n) is 11.0. The molecule has 10 heteroatoms. The first-order valence-corrected chi connectivity index (χ1v) is 11.0. The van der Waals surface area contributed by atoms with E-state index in [1.54, 1.807) is 67.6 Å². The number of aromatic nitrogens is 2. The van der Waals surface area contributed by atoms with Crippen LogP contribution in [0, 0.1) is 0 Å². The standard InChI is InChI=1S/C25H24N2O8/c1-2-25(32)20(35-22(30)17-11-7-4-8-12-17)18(15-33-21(29)16-9-5-3-6-10-16)34-23(25)27-14-13-19(28)26-24(27)31/h3-14,18,20,23,32H,2,15H2,1H3,(H,26,28,31)/t18?,20-,23-,25+/m1/s1. The van der Waals surface area contributed by atoms with Crippen LogP contribution < -0.4 is 11.2 Å². The third kappa shape index (κ3) is 4.93. The van der Waals surface area contributed by atoms with Gasteiger partial charge in [0.2, 0.25) is 0 Å². The number of aromatic amines is 1. The van der Waals surface area contributed by atoms with Crippen LogP contribution in [0.1, 0.15) is 40.3 Å². The molecule has 1 aliphatic heterocycles. The summed E-state index contributed by atoms with van der Waals surface area (Å²) in [5, 5.41) is 11.6. The molecule has 2 heterocycles. The molecule has 4 rings (SSSR count). The molecule has 182 valence electrons. The van der Waals surface area contributed by atoms with Gasteiger partial charge in [0, 0.05) is 12.3 Å². The summed E-state index contributed by atoms with van der Waals surface area (Å²) in [5.41, 5.74) is -2.76. The minimum atomic E-state index is -1.88. The third-order valence-corrected chi connectivity index (χ3v) is 5.86. The van der Waals surface area contributed by atoms with Crippen LogP contribution in [0.3, 0.4) is 0 Å². The quantitative estimate of drug-likeness (QED) is 0.487. The highest BCUT2D eigenvalue weighted by Crippen LogP contribution is 2.42. The van der Waals surface area contributed by atoms with E-state index in [0.29, 0.717) is 5.56 Å². The Morgan fingerprint density at radius 2 is 1.60 bits per heavy atom. The van der Waals surface area contributed by atoms with Gasteiger partial charge in [-0.25, -0.2) is 14.4 Å². The van der Waals surface area contributed by atoms with Crippen molar-refractivity contribution in [1.82, 2.24) is 9.55 Å². The van der Waals surface area contributed by atoms with Crippen molar-refractivity contribution in [3.63, 3.8) is 0 Å². The highest BCUT2D eigenvalue weighted by atomic mass is 16.6. The summed E-state index contributed by atoms with van der Waals surface area (Å²) in [7, 11) is 0. The number of hydrogen-bond donors (Lipinski definition) is 2. The number of esters is 2. The van der Waals surface area contributed by atoms with Crippen LogP contribution in [0.15, 0.2) is 82.5 Å². The number of hydrogen-bond acceptors (Lipinski definition) is 8. The van der Waals surface area contributed by atoms with Crippen molar-refractivity contribution >= 4 is 11.9 Å². The van der Waals surface area contributed by atoms with Gasteiger partial charge in [-0.1, -0.05) is 43.3 Å². The second-order valence-corrected chi connectivity index (χ2v) is 8.05. The number of aliphatic hydroxyl groups is 1. The lowest BCUT2D eigenvalue weighted by Crippen LogP contribution is -2.50. The number of nitrogens with one attached hydrogen (secondary N) is 1. The van der Waals surface area contributed by atoms with Gasteiger partial charge in [0.25, 0.3) is 5.56 Å². The lowest BCUT2D eigenvalue weighted by molar-refractivity contribution is -0.115. The first kappa shape index (κ1) is 24.1. The highest BCUT2D eigenvalue weighted by molar-refractivity contribution is 5.90. The molecule has 0 radical (unpaired) electrons. The van der Waals surface area contributed by atoms with Gasteiger partial charge in [0.1, 0.15) is 18.3 Å². The third-order valence-electron chi connectivity index (χ3n) is 5.86. The predicted molar refractivity (Wildman–Crippen MR) is 123 cm³/mol. The van der Waals surface area contributed by atoms with E-state index in [-0.39, 0.29) is 18.6 Å². The average Bonchev–Trinajstić information content (AvgIpc) is 3.15. The zero-order chi connectivity index (χ0) is 25.0. The van der Waals surface area contributed by atoms with Crippen LogP contribution in [-0.4, -0.2) is 51.0 Å². The van der Waals surface area contributed by atoms with Crippen molar-refractivity contribution in [2.45, 2.75) is 37.4 Å². The summed E-state index contributed by atoms with van der Waals surface area (Å²) in [5.74, 6) is -1.35. The van der Waals surface area contributed by atoms with Crippen molar-refractivity contribution in [1.29, 1.82) is 0 Å². The second kappa shape index (κ2) is 10.1. The number of rotatable bonds is 7. The molecule has 0 amide bonds. The van der Waals surface area contributed by atoms with E-state index < -0.39 is 47.2 Å². The molecule has 4 atom stereocenters. The summed E-state index contributed by atoms with van der Waals surface area (Å²) < 4.78 is 18.0. The summed E-state index contributed by atoms with van der Waals surface area (Å²) >= 11 is 0. The van der Waals surface area contributed by atoms with Crippen LogP contribution in [-0.2, 0) is 14.2 Å². The molecule has 0 bridgehead atoms. The van der Waals surface area contributed by atoms with Gasteiger partial charge >= 0.3 is 17.6 Å². The van der Waals surface area contributed by atoms with Gasteiger partial charge in [-0.3, -0.25) is 14.3 Å². The maximum absolute atomic E-state index is 12.9. The molecule has 1 unspecified atom stereocenters. The normalized spacial score (nSPS) is 23.5. The topological polar surface area (TPSA) is 137 Å². The van der Waals surface area contributed by atoms with Crippen molar-refractivity contribution in [3.05, 3.63) is 105 Å². The molecular formula is C25H24N2O8. The van der Waals surface area contributed by atoms with Gasteiger partial charge in [-0.05, 0) is 30.7 Å². The van der Waals surface area contributed by atoms with E-state index in [4.69, 9.17) is 14.2 Å². The molecule has 10 nitrogen and oxygen atoms in total. The average molecular weight is 480 g/mol. The molecule has 35 heavy (non-hydrogen) atoms. The van der Waals surface area contributed by atoms with Gasteiger partial charge in [0.15, 0.2) is 12.3 Å². The van der Waals surface area contributed by atoms with Crippen molar-refractivity contribution in [2.24, 2.45) is 0 Å². The molecule has 1 fully saturated rings.